The molecule has 3 nitrogen and oxygen atoms in total. The number of hydrogen-bond acceptors (Lipinski definition) is 3. The Morgan fingerprint density at radius 1 is 1.39 bits per heavy atom. The molecule has 1 unspecified atom stereocenters. The van der Waals surface area contributed by atoms with Crippen LogP contribution in [0.2, 0.25) is 5.15 Å². The highest BCUT2D eigenvalue weighted by Gasteiger charge is 2.07. The normalized spacial score (nSPS) is 12.2. The molecule has 1 aromatic heterocycles. The van der Waals surface area contributed by atoms with Gasteiger partial charge in [-0.3, -0.25) is 0 Å². The Labute approximate surface area is 122 Å². The monoisotopic (exact) mass is 344 g/mol. The zero-order valence-electron chi connectivity index (χ0n) is 9.48. The lowest BCUT2D eigenvalue weighted by atomic mass is 10.3. The summed E-state index contributed by atoms with van der Waals surface area (Å²) in [5, 5.41) is 3.62. The van der Waals surface area contributed by atoms with Crippen LogP contribution in [-0.2, 0) is 11.2 Å². The molecule has 0 radical (unpaired) electrons. The molecule has 0 bridgehead atoms. The number of nitrogens with zero attached hydrogens (tertiary/aromatic N) is 1. The van der Waals surface area contributed by atoms with Crippen LogP contribution in [0.25, 0.3) is 0 Å². The van der Waals surface area contributed by atoms with E-state index < -0.39 is 11.2 Å². The van der Waals surface area contributed by atoms with Gasteiger partial charge in [0.15, 0.2) is 4.90 Å². The Balaban J connectivity index is 2.28. The first-order chi connectivity index (χ1) is 8.56. The van der Waals surface area contributed by atoms with Crippen molar-refractivity contribution in [1.29, 1.82) is 0 Å². The van der Waals surface area contributed by atoms with Crippen LogP contribution in [0.5, 0.6) is 0 Å². The van der Waals surface area contributed by atoms with Crippen LogP contribution in [0.15, 0.2) is 45.9 Å². The average Bonchev–Trinajstić information content (AvgIpc) is 2.34. The highest BCUT2D eigenvalue weighted by Crippen LogP contribution is 2.28. The predicted molar refractivity (Wildman–Crippen MR) is 79.0 cm³/mol. The molecule has 0 aliphatic rings. The van der Waals surface area contributed by atoms with E-state index in [2.05, 4.69) is 26.2 Å². The number of halogens is 2. The molecule has 2 aromatic rings. The Kier molecular flexibility index (Phi) is 4.50. The van der Waals surface area contributed by atoms with Gasteiger partial charge in [-0.05, 0) is 39.2 Å². The first-order valence-electron chi connectivity index (χ1n) is 5.08. The quantitative estimate of drug-likeness (QED) is 0.676. The number of hydrogen-bond donors (Lipinski definition) is 1. The molecule has 2 rings (SSSR count). The first-order valence-corrected chi connectivity index (χ1v) is 7.81. The minimum atomic E-state index is -0.997. The maximum atomic E-state index is 11.4. The fourth-order valence-corrected chi connectivity index (χ4v) is 2.45. The van der Waals surface area contributed by atoms with Crippen LogP contribution < -0.4 is 5.32 Å². The fourth-order valence-electron chi connectivity index (χ4n) is 1.42. The van der Waals surface area contributed by atoms with Gasteiger partial charge in [0.2, 0.25) is 0 Å². The number of benzene rings is 1. The highest BCUT2D eigenvalue weighted by molar-refractivity contribution is 9.10. The lowest BCUT2D eigenvalue weighted by Gasteiger charge is -2.10. The third-order valence-electron chi connectivity index (χ3n) is 2.27. The van der Waals surface area contributed by atoms with Gasteiger partial charge in [0, 0.05) is 24.0 Å². The van der Waals surface area contributed by atoms with Crippen molar-refractivity contribution in [2.75, 3.05) is 11.6 Å². The van der Waals surface area contributed by atoms with E-state index in [1.165, 1.54) is 0 Å². The molecule has 1 N–H and O–H groups in total. The van der Waals surface area contributed by atoms with E-state index in [-0.39, 0.29) is 0 Å². The lowest BCUT2D eigenvalue weighted by Crippen LogP contribution is -1.99. The maximum Gasteiger partial charge on any atom is 0.154 e. The third kappa shape index (κ3) is 3.38. The average molecular weight is 346 g/mol. The van der Waals surface area contributed by atoms with Gasteiger partial charge in [0.1, 0.15) is 11.4 Å². The summed E-state index contributed by atoms with van der Waals surface area (Å²) < 4.78 is 12.2. The van der Waals surface area contributed by atoms with E-state index in [1.807, 2.05) is 24.3 Å². The van der Waals surface area contributed by atoms with E-state index >= 15 is 0 Å². The summed E-state index contributed by atoms with van der Waals surface area (Å²) in [6.07, 6.45) is 3.28. The number of pyridine rings is 1. The van der Waals surface area contributed by atoms with Crippen molar-refractivity contribution in [3.63, 3.8) is 0 Å². The lowest BCUT2D eigenvalue weighted by molar-refractivity contribution is 0.601. The van der Waals surface area contributed by atoms with Crippen LogP contribution in [0.3, 0.4) is 0 Å². The van der Waals surface area contributed by atoms with E-state index in [9.17, 15) is 4.55 Å². The van der Waals surface area contributed by atoms with Crippen molar-refractivity contribution in [1.82, 2.24) is 4.98 Å². The molecule has 94 valence electrons. The van der Waals surface area contributed by atoms with Gasteiger partial charge >= 0.3 is 0 Å². The highest BCUT2D eigenvalue weighted by atomic mass is 79.9. The zero-order valence-corrected chi connectivity index (χ0v) is 12.6. The smallest absolute Gasteiger partial charge is 0.154 e. The van der Waals surface area contributed by atoms with Gasteiger partial charge in [-0.1, -0.05) is 17.7 Å². The number of nitrogens with one attached hydrogen (secondary N) is 1. The molecule has 0 saturated heterocycles. The maximum absolute atomic E-state index is 11.4. The van der Waals surface area contributed by atoms with Crippen molar-refractivity contribution in [3.05, 3.63) is 46.2 Å². The summed E-state index contributed by atoms with van der Waals surface area (Å²) in [5.41, 5.74) is 1.67. The van der Waals surface area contributed by atoms with Crippen molar-refractivity contribution < 1.29 is 4.55 Å². The molecule has 1 heterocycles. The first kappa shape index (κ1) is 13.7. The van der Waals surface area contributed by atoms with Crippen molar-refractivity contribution in [2.24, 2.45) is 0 Å². The summed E-state index contributed by atoms with van der Waals surface area (Å²) in [5.74, 6) is 0. The summed E-state index contributed by atoms with van der Waals surface area (Å²) >= 11 is 8.24. The van der Waals surface area contributed by atoms with E-state index in [0.29, 0.717) is 5.15 Å². The van der Waals surface area contributed by atoms with Gasteiger partial charge in [0.25, 0.3) is 0 Å². The summed E-state index contributed by atoms with van der Waals surface area (Å²) in [4.78, 5) is 4.73. The molecule has 0 saturated carbocycles. The minimum absolute atomic E-state index is 0.413. The van der Waals surface area contributed by atoms with Gasteiger partial charge < -0.3 is 9.87 Å². The van der Waals surface area contributed by atoms with Crippen molar-refractivity contribution in [2.45, 2.75) is 4.90 Å². The largest absolute Gasteiger partial charge is 0.612 e. The van der Waals surface area contributed by atoms with Crippen LogP contribution in [-0.4, -0.2) is 15.8 Å². The SMILES string of the molecule is C[S+]([O-])c1cccc(Nc2cc(Cl)ncc2Br)c1. The molecule has 1 atom stereocenters. The topological polar surface area (TPSA) is 48.0 Å². The number of anilines is 2. The molecule has 18 heavy (non-hydrogen) atoms. The van der Waals surface area contributed by atoms with Crippen LogP contribution in [0.4, 0.5) is 11.4 Å². The Bertz CT molecular complexity index is 566. The van der Waals surface area contributed by atoms with Crippen LogP contribution in [0, 0.1) is 0 Å². The van der Waals surface area contributed by atoms with Gasteiger partial charge in [0.05, 0.1) is 10.2 Å². The summed E-state index contributed by atoms with van der Waals surface area (Å²) in [6, 6.07) is 9.15. The summed E-state index contributed by atoms with van der Waals surface area (Å²) in [6.45, 7) is 0. The second-order valence-electron chi connectivity index (χ2n) is 3.59. The molecule has 0 spiro atoms. The number of aromatic nitrogens is 1. The Morgan fingerprint density at radius 2 is 2.17 bits per heavy atom. The third-order valence-corrected chi connectivity index (χ3v) is 4.02. The van der Waals surface area contributed by atoms with Crippen molar-refractivity contribution in [3.8, 4) is 0 Å². The van der Waals surface area contributed by atoms with Gasteiger partial charge in [-0.2, -0.15) is 0 Å². The second kappa shape index (κ2) is 5.93. The van der Waals surface area contributed by atoms with Crippen LogP contribution >= 0.6 is 27.5 Å². The van der Waals surface area contributed by atoms with Gasteiger partial charge in [-0.25, -0.2) is 4.98 Å². The standard InChI is InChI=1S/C12H10BrClN2OS/c1-18(17)9-4-2-3-8(5-9)16-11-6-12(14)15-7-10(11)13/h2-7H,1H3,(H,15,16). The molecule has 0 fully saturated rings. The van der Waals surface area contributed by atoms with E-state index in [1.54, 1.807) is 18.5 Å². The number of rotatable bonds is 3. The molecular formula is C12H10BrClN2OS. The zero-order chi connectivity index (χ0) is 13.1. The van der Waals surface area contributed by atoms with Gasteiger partial charge in [-0.15, -0.1) is 0 Å². The summed E-state index contributed by atoms with van der Waals surface area (Å²) in [7, 11) is 0. The molecular weight excluding hydrogens is 336 g/mol. The Morgan fingerprint density at radius 3 is 2.89 bits per heavy atom. The molecule has 6 heteroatoms. The molecule has 0 amide bonds. The van der Waals surface area contributed by atoms with Crippen LogP contribution in [0.1, 0.15) is 0 Å². The van der Waals surface area contributed by atoms with E-state index in [0.717, 1.165) is 20.7 Å². The van der Waals surface area contributed by atoms with E-state index in [4.69, 9.17) is 11.6 Å². The predicted octanol–water partition coefficient (Wildman–Crippen LogP) is 3.98. The molecule has 0 aliphatic carbocycles. The van der Waals surface area contributed by atoms with Crippen molar-refractivity contribution >= 4 is 50.1 Å². The molecule has 0 aliphatic heterocycles. The molecule has 1 aromatic carbocycles. The minimum Gasteiger partial charge on any atom is -0.612 e. The second-order valence-corrected chi connectivity index (χ2v) is 6.22. The fraction of sp³-hybridized carbons (Fsp3) is 0.0833. The Hall–Kier alpha value is -0.750.